The van der Waals surface area contributed by atoms with Crippen LogP contribution in [0.5, 0.6) is 0 Å². The topological polar surface area (TPSA) is 47.6 Å². The highest BCUT2D eigenvalue weighted by atomic mass is 19.3. The van der Waals surface area contributed by atoms with Gasteiger partial charge in [0.1, 0.15) is 17.7 Å². The summed E-state index contributed by atoms with van der Waals surface area (Å²) >= 11 is 0. The van der Waals surface area contributed by atoms with Crippen molar-refractivity contribution in [3.05, 3.63) is 41.0 Å². The van der Waals surface area contributed by atoms with Crippen molar-refractivity contribution >= 4 is 6.08 Å². The van der Waals surface area contributed by atoms with Crippen molar-refractivity contribution in [2.75, 3.05) is 0 Å². The van der Waals surface area contributed by atoms with Crippen molar-refractivity contribution in [2.45, 2.75) is 12.8 Å². The van der Waals surface area contributed by atoms with Gasteiger partial charge in [-0.3, -0.25) is 0 Å². The third-order valence-corrected chi connectivity index (χ3v) is 1.97. The van der Waals surface area contributed by atoms with Crippen LogP contribution in [0.4, 0.5) is 8.78 Å². The highest BCUT2D eigenvalue weighted by molar-refractivity contribution is 5.64. The van der Waals surface area contributed by atoms with Crippen LogP contribution in [-0.2, 0) is 6.42 Å². The van der Waals surface area contributed by atoms with Gasteiger partial charge in [0.15, 0.2) is 0 Å². The van der Waals surface area contributed by atoms with Gasteiger partial charge in [0.05, 0.1) is 0 Å². The van der Waals surface area contributed by atoms with Crippen LogP contribution in [0.3, 0.4) is 0 Å². The standard InChI is InChI=1S/C12H8F2N2/c13-12(14)6-11-4-2-1-3-10(11)5-9(7-15)8-16/h1-5,12H,6H2. The van der Waals surface area contributed by atoms with Gasteiger partial charge in [-0.1, -0.05) is 24.3 Å². The number of nitriles is 2. The van der Waals surface area contributed by atoms with Crippen LogP contribution in [-0.4, -0.2) is 6.43 Å². The first kappa shape index (κ1) is 11.9. The molecule has 0 amide bonds. The van der Waals surface area contributed by atoms with Crippen molar-refractivity contribution in [3.63, 3.8) is 0 Å². The molecule has 0 aliphatic rings. The molecular weight excluding hydrogens is 210 g/mol. The Kier molecular flexibility index (Phi) is 4.17. The van der Waals surface area contributed by atoms with Crippen molar-refractivity contribution in [1.82, 2.24) is 0 Å². The van der Waals surface area contributed by atoms with Crippen LogP contribution in [0, 0.1) is 22.7 Å². The summed E-state index contributed by atoms with van der Waals surface area (Å²) < 4.78 is 24.5. The predicted octanol–water partition coefficient (Wildman–Crippen LogP) is 2.92. The molecule has 0 saturated heterocycles. The second-order valence-corrected chi connectivity index (χ2v) is 3.08. The number of hydrogen-bond acceptors (Lipinski definition) is 2. The van der Waals surface area contributed by atoms with Crippen molar-refractivity contribution in [2.24, 2.45) is 0 Å². The molecule has 1 aromatic carbocycles. The second-order valence-electron chi connectivity index (χ2n) is 3.08. The third kappa shape index (κ3) is 3.18. The number of benzene rings is 1. The highest BCUT2D eigenvalue weighted by Crippen LogP contribution is 2.16. The molecule has 0 N–H and O–H groups in total. The Hall–Kier alpha value is -2.20. The summed E-state index contributed by atoms with van der Waals surface area (Å²) in [7, 11) is 0. The zero-order valence-electron chi connectivity index (χ0n) is 8.32. The molecule has 1 aromatic rings. The van der Waals surface area contributed by atoms with E-state index in [2.05, 4.69) is 0 Å². The van der Waals surface area contributed by atoms with Gasteiger partial charge in [0.25, 0.3) is 0 Å². The van der Waals surface area contributed by atoms with Crippen LogP contribution in [0.15, 0.2) is 29.8 Å². The molecule has 0 fully saturated rings. The summed E-state index contributed by atoms with van der Waals surface area (Å²) in [5.74, 6) is 0. The molecule has 0 bridgehead atoms. The molecule has 0 aliphatic carbocycles. The van der Waals surface area contributed by atoms with Crippen LogP contribution >= 0.6 is 0 Å². The molecule has 0 unspecified atom stereocenters. The molecule has 0 heterocycles. The number of alkyl halides is 2. The lowest BCUT2D eigenvalue weighted by atomic mass is 10.0. The molecule has 0 radical (unpaired) electrons. The molecule has 16 heavy (non-hydrogen) atoms. The number of allylic oxidation sites excluding steroid dienone is 1. The van der Waals surface area contributed by atoms with E-state index in [9.17, 15) is 8.78 Å². The van der Waals surface area contributed by atoms with E-state index in [4.69, 9.17) is 10.5 Å². The van der Waals surface area contributed by atoms with Gasteiger partial charge < -0.3 is 0 Å². The van der Waals surface area contributed by atoms with Crippen LogP contribution in [0.25, 0.3) is 6.08 Å². The first-order chi connectivity index (χ1) is 7.67. The lowest BCUT2D eigenvalue weighted by Crippen LogP contribution is -1.98. The third-order valence-electron chi connectivity index (χ3n) is 1.97. The zero-order chi connectivity index (χ0) is 12.0. The number of halogens is 2. The quantitative estimate of drug-likeness (QED) is 0.732. The smallest absolute Gasteiger partial charge is 0.210 e. The predicted molar refractivity (Wildman–Crippen MR) is 55.4 cm³/mol. The van der Waals surface area contributed by atoms with Crippen LogP contribution in [0.1, 0.15) is 11.1 Å². The molecule has 80 valence electrons. The fourth-order valence-electron chi connectivity index (χ4n) is 1.27. The molecule has 0 aliphatic heterocycles. The van der Waals surface area contributed by atoms with E-state index in [1.165, 1.54) is 6.08 Å². The van der Waals surface area contributed by atoms with Gasteiger partial charge in [-0.05, 0) is 17.2 Å². The van der Waals surface area contributed by atoms with E-state index < -0.39 is 6.43 Å². The molecule has 0 atom stereocenters. The van der Waals surface area contributed by atoms with Gasteiger partial charge in [-0.25, -0.2) is 8.78 Å². The Morgan fingerprint density at radius 1 is 1.25 bits per heavy atom. The molecule has 0 spiro atoms. The average molecular weight is 218 g/mol. The summed E-state index contributed by atoms with van der Waals surface area (Å²) in [6, 6.07) is 9.87. The lowest BCUT2D eigenvalue weighted by Gasteiger charge is -2.04. The van der Waals surface area contributed by atoms with E-state index in [0.717, 1.165) is 0 Å². The summed E-state index contributed by atoms with van der Waals surface area (Å²) in [5, 5.41) is 17.1. The zero-order valence-corrected chi connectivity index (χ0v) is 8.32. The molecule has 2 nitrogen and oxygen atoms in total. The first-order valence-corrected chi connectivity index (χ1v) is 4.55. The molecule has 4 heteroatoms. The minimum absolute atomic E-state index is 0.0956. The number of rotatable bonds is 3. The van der Waals surface area contributed by atoms with E-state index >= 15 is 0 Å². The molecular formula is C12H8F2N2. The fourth-order valence-corrected chi connectivity index (χ4v) is 1.27. The largest absolute Gasteiger partial charge is 0.242 e. The lowest BCUT2D eigenvalue weighted by molar-refractivity contribution is 0.149. The molecule has 1 rings (SSSR count). The normalized spacial score (nSPS) is 9.31. The molecule has 0 saturated carbocycles. The second kappa shape index (κ2) is 5.63. The Labute approximate surface area is 92.0 Å². The Morgan fingerprint density at radius 3 is 2.44 bits per heavy atom. The van der Waals surface area contributed by atoms with E-state index in [1.807, 2.05) is 0 Å². The van der Waals surface area contributed by atoms with Crippen LogP contribution in [0.2, 0.25) is 0 Å². The maximum Gasteiger partial charge on any atom is 0.242 e. The SMILES string of the molecule is N#CC(C#N)=Cc1ccccc1CC(F)F. The maximum atomic E-state index is 12.3. The summed E-state index contributed by atoms with van der Waals surface area (Å²) in [6.07, 6.45) is -1.50. The Bertz CT molecular complexity index is 463. The van der Waals surface area contributed by atoms with E-state index in [-0.39, 0.29) is 12.0 Å². The summed E-state index contributed by atoms with van der Waals surface area (Å²) in [4.78, 5) is 0. The maximum absolute atomic E-state index is 12.3. The van der Waals surface area contributed by atoms with Gasteiger partial charge in [0.2, 0.25) is 6.43 Å². The Balaban J connectivity index is 3.10. The summed E-state index contributed by atoms with van der Waals surface area (Å²) in [6.45, 7) is 0. The average Bonchev–Trinajstić information content (AvgIpc) is 2.27. The van der Waals surface area contributed by atoms with Gasteiger partial charge in [-0.15, -0.1) is 0 Å². The van der Waals surface area contributed by atoms with Gasteiger partial charge in [-0.2, -0.15) is 10.5 Å². The van der Waals surface area contributed by atoms with Gasteiger partial charge in [0, 0.05) is 6.42 Å². The minimum Gasteiger partial charge on any atom is -0.210 e. The first-order valence-electron chi connectivity index (χ1n) is 4.55. The van der Waals surface area contributed by atoms with Crippen molar-refractivity contribution < 1.29 is 8.78 Å². The van der Waals surface area contributed by atoms with Gasteiger partial charge >= 0.3 is 0 Å². The number of hydrogen-bond donors (Lipinski definition) is 0. The van der Waals surface area contributed by atoms with Crippen molar-refractivity contribution in [1.29, 1.82) is 10.5 Å². The van der Waals surface area contributed by atoms with E-state index in [1.54, 1.807) is 36.4 Å². The summed E-state index contributed by atoms with van der Waals surface area (Å²) in [5.41, 5.74) is 0.822. The Morgan fingerprint density at radius 2 is 1.88 bits per heavy atom. The highest BCUT2D eigenvalue weighted by Gasteiger charge is 2.07. The van der Waals surface area contributed by atoms with Crippen LogP contribution < -0.4 is 0 Å². The fraction of sp³-hybridized carbons (Fsp3) is 0.167. The molecule has 0 aromatic heterocycles. The number of nitrogens with zero attached hydrogens (tertiary/aromatic N) is 2. The minimum atomic E-state index is -2.44. The monoisotopic (exact) mass is 218 g/mol. The van der Waals surface area contributed by atoms with E-state index in [0.29, 0.717) is 11.1 Å². The van der Waals surface area contributed by atoms with Crippen molar-refractivity contribution in [3.8, 4) is 12.1 Å².